The molecule has 5 nitrogen and oxygen atoms in total. The van der Waals surface area contributed by atoms with Gasteiger partial charge in [0.05, 0.1) is 13.3 Å². The topological polar surface area (TPSA) is 31.8 Å². The molecule has 0 saturated carbocycles. The summed E-state index contributed by atoms with van der Waals surface area (Å²) in [7, 11) is 1.70. The van der Waals surface area contributed by atoms with E-state index >= 15 is 0 Å². The van der Waals surface area contributed by atoms with Crippen LogP contribution in [0.1, 0.15) is 12.8 Å². The summed E-state index contributed by atoms with van der Waals surface area (Å²) in [5.41, 5.74) is 0. The van der Waals surface area contributed by atoms with E-state index in [1.807, 2.05) is 18.3 Å². The number of piperazine rings is 1. The first-order valence-corrected chi connectivity index (χ1v) is 7.85. The number of aromatic nitrogens is 1. The third-order valence-corrected chi connectivity index (χ3v) is 4.57. The molecular formula is C16H25N4O. The van der Waals surface area contributed by atoms with Crippen molar-refractivity contribution in [2.24, 2.45) is 0 Å². The summed E-state index contributed by atoms with van der Waals surface area (Å²) in [6, 6.07) is 3.89. The van der Waals surface area contributed by atoms with Crippen LogP contribution in [0.4, 0.5) is 5.82 Å². The van der Waals surface area contributed by atoms with Crippen molar-refractivity contribution in [3.8, 4) is 5.75 Å². The summed E-state index contributed by atoms with van der Waals surface area (Å²) in [5, 5.41) is 0. The molecule has 2 aliphatic heterocycles. The van der Waals surface area contributed by atoms with Gasteiger partial charge in [-0.3, -0.25) is 9.80 Å². The number of anilines is 1. The molecule has 0 spiro atoms. The first kappa shape index (κ1) is 14.6. The van der Waals surface area contributed by atoms with E-state index in [0.29, 0.717) is 6.17 Å². The van der Waals surface area contributed by atoms with Crippen LogP contribution in [-0.4, -0.2) is 67.3 Å². The van der Waals surface area contributed by atoms with Crippen molar-refractivity contribution >= 4 is 5.82 Å². The van der Waals surface area contributed by atoms with E-state index in [9.17, 15) is 0 Å². The van der Waals surface area contributed by atoms with Crippen LogP contribution in [0.15, 0.2) is 18.3 Å². The number of likely N-dealkylation sites (tertiary alicyclic amines) is 1. The number of nitrogens with zero attached hydrogens (tertiary/aromatic N) is 4. The lowest BCUT2D eigenvalue weighted by atomic mass is 10.2. The fraction of sp³-hybridized carbons (Fsp3) is 0.625. The van der Waals surface area contributed by atoms with Gasteiger partial charge in [-0.2, -0.15) is 0 Å². The quantitative estimate of drug-likeness (QED) is 0.838. The Morgan fingerprint density at radius 3 is 2.43 bits per heavy atom. The predicted octanol–water partition coefficient (Wildman–Crippen LogP) is 1.47. The van der Waals surface area contributed by atoms with Gasteiger partial charge in [-0.1, -0.05) is 0 Å². The maximum atomic E-state index is 5.42. The number of rotatable bonds is 4. The van der Waals surface area contributed by atoms with Crippen LogP contribution in [0.25, 0.3) is 0 Å². The second kappa shape index (κ2) is 6.62. The van der Waals surface area contributed by atoms with Crippen molar-refractivity contribution in [3.63, 3.8) is 0 Å². The molecule has 115 valence electrons. The number of pyridine rings is 1. The van der Waals surface area contributed by atoms with Gasteiger partial charge in [-0.25, -0.2) is 4.98 Å². The summed E-state index contributed by atoms with van der Waals surface area (Å²) in [4.78, 5) is 11.8. The Morgan fingerprint density at radius 1 is 1.10 bits per heavy atom. The van der Waals surface area contributed by atoms with Gasteiger partial charge in [0.15, 0.2) is 11.6 Å². The Hall–Kier alpha value is -1.33. The number of methoxy groups -OCH3 is 1. The van der Waals surface area contributed by atoms with Crippen LogP contribution in [0.5, 0.6) is 5.75 Å². The van der Waals surface area contributed by atoms with Crippen LogP contribution in [0.2, 0.25) is 0 Å². The number of ether oxygens (including phenoxy) is 1. The molecule has 2 saturated heterocycles. The van der Waals surface area contributed by atoms with E-state index < -0.39 is 0 Å². The molecule has 1 atom stereocenters. The Morgan fingerprint density at radius 2 is 1.76 bits per heavy atom. The maximum Gasteiger partial charge on any atom is 0.171 e. The molecule has 1 radical (unpaired) electrons. The summed E-state index contributed by atoms with van der Waals surface area (Å²) in [5.74, 6) is 1.82. The van der Waals surface area contributed by atoms with Gasteiger partial charge in [0.25, 0.3) is 0 Å². The van der Waals surface area contributed by atoms with Gasteiger partial charge >= 0.3 is 0 Å². The highest BCUT2D eigenvalue weighted by Crippen LogP contribution is 2.26. The first-order valence-electron chi connectivity index (χ1n) is 7.85. The highest BCUT2D eigenvalue weighted by Gasteiger charge is 2.27. The molecule has 2 fully saturated rings. The minimum Gasteiger partial charge on any atom is -0.493 e. The van der Waals surface area contributed by atoms with Crippen molar-refractivity contribution in [2.75, 3.05) is 51.3 Å². The van der Waals surface area contributed by atoms with E-state index in [2.05, 4.69) is 26.6 Å². The molecule has 1 aromatic heterocycles. The van der Waals surface area contributed by atoms with Gasteiger partial charge in [-0.15, -0.1) is 0 Å². The van der Waals surface area contributed by atoms with Gasteiger partial charge in [0.1, 0.15) is 0 Å². The molecule has 0 aliphatic carbocycles. The van der Waals surface area contributed by atoms with Crippen molar-refractivity contribution in [1.29, 1.82) is 0 Å². The Balaban J connectivity index is 1.59. The Kier molecular flexibility index (Phi) is 4.60. The van der Waals surface area contributed by atoms with E-state index in [4.69, 9.17) is 4.74 Å². The van der Waals surface area contributed by atoms with Gasteiger partial charge in [-0.05, 0) is 45.0 Å². The molecule has 0 aromatic carbocycles. The highest BCUT2D eigenvalue weighted by molar-refractivity contribution is 5.52. The standard InChI is InChI=1S/C16H25N4O/c1-14(18-8-3-4-9-18)19-10-12-20(13-11-19)16-15(21-2)6-5-7-17-16/h5-7,14H,1,3-4,8-13H2,2H3. The molecule has 1 unspecified atom stereocenters. The van der Waals surface area contributed by atoms with Crippen molar-refractivity contribution < 1.29 is 4.74 Å². The normalized spacial score (nSPS) is 22.5. The van der Waals surface area contributed by atoms with Crippen molar-refractivity contribution in [3.05, 3.63) is 25.3 Å². The van der Waals surface area contributed by atoms with Gasteiger partial charge < -0.3 is 9.64 Å². The van der Waals surface area contributed by atoms with Crippen LogP contribution in [0, 0.1) is 6.92 Å². The third-order valence-electron chi connectivity index (χ3n) is 4.57. The minimum atomic E-state index is 0.320. The molecule has 3 heterocycles. The second-order valence-electron chi connectivity index (χ2n) is 5.78. The molecule has 3 rings (SSSR count). The summed E-state index contributed by atoms with van der Waals surface area (Å²) < 4.78 is 5.42. The fourth-order valence-corrected chi connectivity index (χ4v) is 3.28. The van der Waals surface area contributed by atoms with E-state index in [-0.39, 0.29) is 0 Å². The van der Waals surface area contributed by atoms with Crippen LogP contribution in [-0.2, 0) is 0 Å². The first-order chi connectivity index (χ1) is 10.3. The lowest BCUT2D eigenvalue weighted by Gasteiger charge is -2.41. The smallest absolute Gasteiger partial charge is 0.171 e. The zero-order chi connectivity index (χ0) is 14.7. The molecule has 2 aliphatic rings. The molecule has 0 N–H and O–H groups in total. The SMILES string of the molecule is [CH2]C(N1CCCC1)N1CCN(c2ncccc2OC)CC1. The average molecular weight is 289 g/mol. The third kappa shape index (κ3) is 3.14. The van der Waals surface area contributed by atoms with Crippen molar-refractivity contribution in [2.45, 2.75) is 19.0 Å². The predicted molar refractivity (Wildman–Crippen MR) is 84.5 cm³/mol. The van der Waals surface area contributed by atoms with Crippen molar-refractivity contribution in [1.82, 2.24) is 14.8 Å². The molecule has 0 bridgehead atoms. The summed E-state index contributed by atoms with van der Waals surface area (Å²) >= 11 is 0. The number of hydrogen-bond acceptors (Lipinski definition) is 5. The van der Waals surface area contributed by atoms with Crippen LogP contribution < -0.4 is 9.64 Å². The Labute approximate surface area is 127 Å². The maximum absolute atomic E-state index is 5.42. The van der Waals surface area contributed by atoms with Gasteiger partial charge in [0, 0.05) is 32.4 Å². The zero-order valence-electron chi connectivity index (χ0n) is 12.9. The molecule has 1 aromatic rings. The highest BCUT2D eigenvalue weighted by atomic mass is 16.5. The summed E-state index contributed by atoms with van der Waals surface area (Å²) in [6.45, 7) is 10.8. The number of hydrogen-bond donors (Lipinski definition) is 0. The van der Waals surface area contributed by atoms with Crippen LogP contribution in [0.3, 0.4) is 0 Å². The van der Waals surface area contributed by atoms with E-state index in [1.165, 1.54) is 25.9 Å². The van der Waals surface area contributed by atoms with Gasteiger partial charge in [0.2, 0.25) is 0 Å². The molecule has 21 heavy (non-hydrogen) atoms. The lowest BCUT2D eigenvalue weighted by Crippen LogP contribution is -2.54. The van der Waals surface area contributed by atoms with E-state index in [0.717, 1.165) is 37.7 Å². The minimum absolute atomic E-state index is 0.320. The molecular weight excluding hydrogens is 264 g/mol. The molecule has 5 heteroatoms. The summed E-state index contributed by atoms with van der Waals surface area (Å²) in [6.07, 6.45) is 4.78. The fourth-order valence-electron chi connectivity index (χ4n) is 3.28. The monoisotopic (exact) mass is 289 g/mol. The lowest BCUT2D eigenvalue weighted by molar-refractivity contribution is 0.0869. The van der Waals surface area contributed by atoms with Crippen LogP contribution >= 0.6 is 0 Å². The second-order valence-corrected chi connectivity index (χ2v) is 5.78. The molecule has 0 amide bonds. The average Bonchev–Trinajstić information content (AvgIpc) is 3.09. The van der Waals surface area contributed by atoms with E-state index in [1.54, 1.807) is 7.11 Å². The largest absolute Gasteiger partial charge is 0.493 e. The zero-order valence-corrected chi connectivity index (χ0v) is 12.9. The Bertz CT molecular complexity index is 453.